The van der Waals surface area contributed by atoms with Gasteiger partial charge in [0, 0.05) is 6.08 Å². The lowest BCUT2D eigenvalue weighted by atomic mass is 10.3. The van der Waals surface area contributed by atoms with E-state index in [0.717, 1.165) is 5.69 Å². The molecule has 78 valence electrons. The molecular formula is C9H8Cl2N4. The number of hydrogen-bond acceptors (Lipinski definition) is 4. The maximum absolute atomic E-state index is 5.78. The molecule has 0 unspecified atom stereocenters. The third-order valence-corrected chi connectivity index (χ3v) is 2.04. The zero-order chi connectivity index (χ0) is 10.7. The molecule has 2 N–H and O–H groups in total. The average Bonchev–Trinajstić information content (AvgIpc) is 2.17. The van der Waals surface area contributed by atoms with E-state index in [1.165, 1.54) is 11.3 Å². The average molecular weight is 243 g/mol. The highest BCUT2D eigenvalue weighted by Gasteiger charge is 2.09. The third kappa shape index (κ3) is 2.78. The van der Waals surface area contributed by atoms with Crippen LogP contribution < -0.4 is 10.9 Å². The fraction of sp³-hybridized carbons (Fsp3) is 0. The van der Waals surface area contributed by atoms with Gasteiger partial charge >= 0.3 is 0 Å². The van der Waals surface area contributed by atoms with Gasteiger partial charge in [0.2, 0.25) is 0 Å². The van der Waals surface area contributed by atoms with Gasteiger partial charge in [0.1, 0.15) is 5.16 Å². The second-order valence-electron chi connectivity index (χ2n) is 2.82. The summed E-state index contributed by atoms with van der Waals surface area (Å²) in [5.41, 5.74) is 6.62. The van der Waals surface area contributed by atoms with Crippen LogP contribution in [0.5, 0.6) is 0 Å². The largest absolute Gasteiger partial charge is 0.263 e. The first-order valence-electron chi connectivity index (χ1n) is 4.24. The molecule has 0 spiro atoms. The molecule has 0 fully saturated rings. The number of hydrazone groups is 1. The predicted molar refractivity (Wildman–Crippen MR) is 62.3 cm³/mol. The Morgan fingerprint density at radius 2 is 1.93 bits per heavy atom. The van der Waals surface area contributed by atoms with E-state index in [2.05, 4.69) is 16.0 Å². The second-order valence-corrected chi connectivity index (χ2v) is 3.61. The van der Waals surface area contributed by atoms with Gasteiger partial charge in [-0.3, -0.25) is 10.9 Å². The highest BCUT2D eigenvalue weighted by atomic mass is 35.5. The Bertz CT molecular complexity index is 402. The molecule has 0 atom stereocenters. The van der Waals surface area contributed by atoms with Crippen LogP contribution in [-0.4, -0.2) is 10.4 Å². The fourth-order valence-electron chi connectivity index (χ4n) is 1.08. The molecular weight excluding hydrogens is 235 g/mol. The smallest absolute Gasteiger partial charge is 0.156 e. The van der Waals surface area contributed by atoms with Gasteiger partial charge in [0.25, 0.3) is 0 Å². The Morgan fingerprint density at radius 3 is 2.60 bits per heavy atom. The van der Waals surface area contributed by atoms with Crippen LogP contribution in [0.3, 0.4) is 0 Å². The Balaban J connectivity index is 2.06. The van der Waals surface area contributed by atoms with Gasteiger partial charge in [-0.2, -0.15) is 0 Å². The van der Waals surface area contributed by atoms with Crippen LogP contribution in [0, 0.1) is 0 Å². The SMILES string of the molecule is ClC1=CC(Cl)=NN(Nc2ccccc2)N1. The normalized spacial score (nSPS) is 15.2. The molecule has 1 aliphatic heterocycles. The van der Waals surface area contributed by atoms with Crippen molar-refractivity contribution in [2.24, 2.45) is 5.10 Å². The van der Waals surface area contributed by atoms with Crippen molar-refractivity contribution in [3.8, 4) is 0 Å². The number of allylic oxidation sites excluding steroid dienone is 1. The van der Waals surface area contributed by atoms with E-state index in [1.54, 1.807) is 0 Å². The molecule has 0 saturated carbocycles. The number of benzene rings is 1. The minimum atomic E-state index is 0.308. The molecule has 0 amide bonds. The Morgan fingerprint density at radius 1 is 1.20 bits per heavy atom. The van der Waals surface area contributed by atoms with E-state index < -0.39 is 0 Å². The van der Waals surface area contributed by atoms with Crippen molar-refractivity contribution in [1.82, 2.24) is 10.7 Å². The van der Waals surface area contributed by atoms with E-state index in [0.29, 0.717) is 10.3 Å². The third-order valence-electron chi connectivity index (χ3n) is 1.66. The molecule has 2 rings (SSSR count). The number of anilines is 1. The standard InChI is InChI=1S/C9H8Cl2N4/c10-8-6-9(11)14-15(13-8)12-7-4-2-1-3-5-7/h1-6,12-13H. The molecule has 6 heteroatoms. The molecule has 15 heavy (non-hydrogen) atoms. The van der Waals surface area contributed by atoms with Gasteiger partial charge in [-0.1, -0.05) is 41.4 Å². The van der Waals surface area contributed by atoms with Crippen molar-refractivity contribution in [2.75, 3.05) is 5.43 Å². The van der Waals surface area contributed by atoms with Crippen LogP contribution in [-0.2, 0) is 0 Å². The summed E-state index contributed by atoms with van der Waals surface area (Å²) in [6.45, 7) is 0. The van der Waals surface area contributed by atoms with Gasteiger partial charge in [0.15, 0.2) is 5.17 Å². The van der Waals surface area contributed by atoms with Crippen LogP contribution in [0.1, 0.15) is 0 Å². The van der Waals surface area contributed by atoms with Crippen LogP contribution in [0.2, 0.25) is 0 Å². The minimum Gasteiger partial charge on any atom is -0.263 e. The summed E-state index contributed by atoms with van der Waals surface area (Å²) < 4.78 is 0. The Labute approximate surface area is 97.1 Å². The number of halogens is 2. The monoisotopic (exact) mass is 242 g/mol. The maximum Gasteiger partial charge on any atom is 0.156 e. The molecule has 1 heterocycles. The quantitative estimate of drug-likeness (QED) is 0.784. The molecule has 4 nitrogen and oxygen atoms in total. The lowest BCUT2D eigenvalue weighted by Gasteiger charge is -2.24. The topological polar surface area (TPSA) is 39.7 Å². The highest BCUT2D eigenvalue weighted by Crippen LogP contribution is 2.11. The highest BCUT2D eigenvalue weighted by molar-refractivity contribution is 6.69. The van der Waals surface area contributed by atoms with Gasteiger partial charge in [-0.15, -0.1) is 10.3 Å². The van der Waals surface area contributed by atoms with E-state index in [4.69, 9.17) is 23.2 Å². The summed E-state index contributed by atoms with van der Waals surface area (Å²) in [5, 5.41) is 6.02. The molecule has 0 aliphatic carbocycles. The first kappa shape index (κ1) is 10.1. The summed E-state index contributed by atoms with van der Waals surface area (Å²) in [5.74, 6) is 0. The van der Waals surface area contributed by atoms with Gasteiger partial charge < -0.3 is 0 Å². The van der Waals surface area contributed by atoms with Crippen molar-refractivity contribution in [3.05, 3.63) is 41.6 Å². The van der Waals surface area contributed by atoms with E-state index in [1.807, 2.05) is 30.3 Å². The number of nitrogens with one attached hydrogen (secondary N) is 2. The maximum atomic E-state index is 5.78. The van der Waals surface area contributed by atoms with E-state index >= 15 is 0 Å². The van der Waals surface area contributed by atoms with Crippen LogP contribution in [0.25, 0.3) is 0 Å². The van der Waals surface area contributed by atoms with Crippen molar-refractivity contribution in [2.45, 2.75) is 0 Å². The summed E-state index contributed by atoms with van der Waals surface area (Å²) in [4.78, 5) is 0. The summed E-state index contributed by atoms with van der Waals surface area (Å²) in [6.07, 6.45) is 1.52. The second kappa shape index (κ2) is 4.42. The number of nitrogens with zero attached hydrogens (tertiary/aromatic N) is 2. The van der Waals surface area contributed by atoms with Crippen molar-refractivity contribution in [3.63, 3.8) is 0 Å². The number of hydrazine groups is 2. The summed E-state index contributed by atoms with van der Waals surface area (Å²) in [7, 11) is 0. The lowest BCUT2D eigenvalue weighted by molar-refractivity contribution is 0.280. The van der Waals surface area contributed by atoms with Crippen LogP contribution >= 0.6 is 23.2 Å². The minimum absolute atomic E-state index is 0.308. The number of hydrogen-bond donors (Lipinski definition) is 2. The molecule has 1 aliphatic rings. The van der Waals surface area contributed by atoms with Crippen molar-refractivity contribution in [1.29, 1.82) is 0 Å². The van der Waals surface area contributed by atoms with Crippen LogP contribution in [0.4, 0.5) is 5.69 Å². The van der Waals surface area contributed by atoms with Crippen molar-refractivity contribution >= 4 is 34.1 Å². The van der Waals surface area contributed by atoms with Crippen LogP contribution in [0.15, 0.2) is 46.7 Å². The first-order chi connectivity index (χ1) is 7.24. The zero-order valence-electron chi connectivity index (χ0n) is 7.61. The summed E-state index contributed by atoms with van der Waals surface area (Å²) >= 11 is 11.5. The molecule has 0 saturated heterocycles. The van der Waals surface area contributed by atoms with E-state index in [-0.39, 0.29) is 0 Å². The van der Waals surface area contributed by atoms with E-state index in [9.17, 15) is 0 Å². The number of rotatable bonds is 2. The lowest BCUT2D eigenvalue weighted by Crippen LogP contribution is -2.39. The molecule has 0 aromatic heterocycles. The molecule has 1 aromatic carbocycles. The Hall–Kier alpha value is -1.39. The predicted octanol–water partition coefficient (Wildman–Crippen LogP) is 2.47. The molecule has 1 aromatic rings. The fourth-order valence-corrected chi connectivity index (χ4v) is 1.50. The first-order valence-corrected chi connectivity index (χ1v) is 4.99. The number of para-hydroxylation sites is 1. The zero-order valence-corrected chi connectivity index (χ0v) is 9.13. The molecule has 0 radical (unpaired) electrons. The van der Waals surface area contributed by atoms with Gasteiger partial charge in [-0.25, -0.2) is 0 Å². The summed E-state index contributed by atoms with van der Waals surface area (Å²) in [6, 6.07) is 9.55. The van der Waals surface area contributed by atoms with Gasteiger partial charge in [0.05, 0.1) is 5.69 Å². The Kier molecular flexibility index (Phi) is 2.99. The van der Waals surface area contributed by atoms with Gasteiger partial charge in [-0.05, 0) is 12.1 Å². The molecule has 0 bridgehead atoms. The van der Waals surface area contributed by atoms with Crippen molar-refractivity contribution < 1.29 is 0 Å².